The molecule has 0 saturated carbocycles. The van der Waals surface area contributed by atoms with E-state index >= 15 is 0 Å². The molecule has 0 aromatic carbocycles. The summed E-state index contributed by atoms with van der Waals surface area (Å²) in [5, 5.41) is 12.0. The highest BCUT2D eigenvalue weighted by Crippen LogP contribution is 2.21. The quantitative estimate of drug-likeness (QED) is 0.534. The van der Waals surface area contributed by atoms with Crippen LogP contribution in [-0.4, -0.2) is 41.6 Å². The van der Waals surface area contributed by atoms with Gasteiger partial charge in [0.2, 0.25) is 0 Å². The molecule has 1 rings (SSSR count). The molecule has 2 amide bonds. The number of hydrogen-bond donors (Lipinski definition) is 2. The molecule has 5 heteroatoms. The molecule has 1 fully saturated rings. The van der Waals surface area contributed by atoms with Gasteiger partial charge in [-0.25, -0.2) is 4.79 Å². The summed E-state index contributed by atoms with van der Waals surface area (Å²) in [6.07, 6.45) is 8.01. The molecular formula is C16H28N2O3. The third-order valence-electron chi connectivity index (χ3n) is 3.91. The van der Waals surface area contributed by atoms with Gasteiger partial charge in [0.1, 0.15) is 0 Å². The molecule has 21 heavy (non-hydrogen) atoms. The molecule has 1 aliphatic heterocycles. The second-order valence-corrected chi connectivity index (χ2v) is 6.00. The Bertz CT molecular complexity index is 357. The molecule has 2 N–H and O–H groups in total. The summed E-state index contributed by atoms with van der Waals surface area (Å²) in [7, 11) is 0. The SMILES string of the molecule is C=CCCCCCCNC(=O)N1CC(C)CC(C(=O)O)C1. The molecule has 120 valence electrons. The summed E-state index contributed by atoms with van der Waals surface area (Å²) >= 11 is 0. The first kappa shape index (κ1) is 17.5. The number of carboxylic acid groups (broad SMARTS) is 1. The molecule has 0 aromatic heterocycles. The van der Waals surface area contributed by atoms with Crippen LogP contribution < -0.4 is 5.32 Å². The minimum Gasteiger partial charge on any atom is -0.481 e. The van der Waals surface area contributed by atoms with Crippen molar-refractivity contribution >= 4 is 12.0 Å². The number of amides is 2. The number of hydrogen-bond acceptors (Lipinski definition) is 2. The van der Waals surface area contributed by atoms with Gasteiger partial charge in [0, 0.05) is 19.6 Å². The molecule has 0 spiro atoms. The van der Waals surface area contributed by atoms with Crippen LogP contribution >= 0.6 is 0 Å². The highest BCUT2D eigenvalue weighted by molar-refractivity contribution is 5.76. The summed E-state index contributed by atoms with van der Waals surface area (Å²) < 4.78 is 0. The van der Waals surface area contributed by atoms with Crippen molar-refractivity contribution in [2.45, 2.75) is 45.4 Å². The number of nitrogens with zero attached hydrogens (tertiary/aromatic N) is 1. The van der Waals surface area contributed by atoms with Crippen LogP contribution in [0.5, 0.6) is 0 Å². The summed E-state index contributed by atoms with van der Waals surface area (Å²) in [5.41, 5.74) is 0. The highest BCUT2D eigenvalue weighted by atomic mass is 16.4. The topological polar surface area (TPSA) is 69.6 Å². The van der Waals surface area contributed by atoms with E-state index < -0.39 is 11.9 Å². The number of carboxylic acids is 1. The standard InChI is InChI=1S/C16H28N2O3/c1-3-4-5-6-7-8-9-17-16(21)18-11-13(2)10-14(12-18)15(19)20/h3,13-14H,1,4-12H2,2H3,(H,17,21)(H,19,20). The molecule has 0 aromatic rings. The Morgan fingerprint density at radius 3 is 2.67 bits per heavy atom. The van der Waals surface area contributed by atoms with E-state index in [0.717, 1.165) is 32.1 Å². The lowest BCUT2D eigenvalue weighted by atomic mass is 9.91. The number of carbonyl (C=O) groups excluding carboxylic acids is 1. The van der Waals surface area contributed by atoms with E-state index in [0.29, 0.717) is 26.1 Å². The van der Waals surface area contributed by atoms with Crippen molar-refractivity contribution in [1.82, 2.24) is 10.2 Å². The van der Waals surface area contributed by atoms with Gasteiger partial charge in [0.05, 0.1) is 5.92 Å². The number of nitrogens with one attached hydrogen (secondary N) is 1. The van der Waals surface area contributed by atoms with E-state index in [4.69, 9.17) is 5.11 Å². The summed E-state index contributed by atoms with van der Waals surface area (Å²) in [5.74, 6) is -0.996. The van der Waals surface area contributed by atoms with Crippen molar-refractivity contribution in [3.63, 3.8) is 0 Å². The molecule has 2 atom stereocenters. The number of unbranched alkanes of at least 4 members (excludes halogenated alkanes) is 4. The van der Waals surface area contributed by atoms with Crippen LogP contribution in [-0.2, 0) is 4.79 Å². The molecule has 2 unspecified atom stereocenters. The average Bonchev–Trinajstić information content (AvgIpc) is 2.45. The highest BCUT2D eigenvalue weighted by Gasteiger charge is 2.31. The Hall–Kier alpha value is -1.52. The average molecular weight is 296 g/mol. The fourth-order valence-corrected chi connectivity index (χ4v) is 2.77. The predicted molar refractivity (Wildman–Crippen MR) is 83.2 cm³/mol. The maximum Gasteiger partial charge on any atom is 0.317 e. The lowest BCUT2D eigenvalue weighted by Gasteiger charge is -2.34. The van der Waals surface area contributed by atoms with Gasteiger partial charge in [-0.05, 0) is 31.6 Å². The van der Waals surface area contributed by atoms with Crippen LogP contribution in [0, 0.1) is 11.8 Å². The zero-order valence-corrected chi connectivity index (χ0v) is 13.0. The van der Waals surface area contributed by atoms with E-state index in [2.05, 4.69) is 11.9 Å². The minimum absolute atomic E-state index is 0.126. The molecule has 0 bridgehead atoms. The van der Waals surface area contributed by atoms with E-state index in [9.17, 15) is 9.59 Å². The third kappa shape index (κ3) is 6.65. The lowest BCUT2D eigenvalue weighted by molar-refractivity contribution is -0.143. The number of piperidine rings is 1. The maximum absolute atomic E-state index is 12.1. The minimum atomic E-state index is -0.804. The fraction of sp³-hybridized carbons (Fsp3) is 0.750. The van der Waals surface area contributed by atoms with Gasteiger partial charge in [0.15, 0.2) is 0 Å². The van der Waals surface area contributed by atoms with Crippen LogP contribution in [0.25, 0.3) is 0 Å². The molecule has 0 radical (unpaired) electrons. The number of rotatable bonds is 8. The fourth-order valence-electron chi connectivity index (χ4n) is 2.77. The number of aliphatic carboxylic acids is 1. The van der Waals surface area contributed by atoms with Crippen LogP contribution in [0.1, 0.15) is 45.4 Å². The van der Waals surface area contributed by atoms with Gasteiger partial charge in [-0.1, -0.05) is 25.8 Å². The summed E-state index contributed by atoms with van der Waals surface area (Å²) in [6.45, 7) is 7.32. The van der Waals surface area contributed by atoms with E-state index in [1.165, 1.54) is 0 Å². The summed E-state index contributed by atoms with van der Waals surface area (Å²) in [6, 6.07) is -0.126. The van der Waals surface area contributed by atoms with Crippen molar-refractivity contribution in [2.75, 3.05) is 19.6 Å². The van der Waals surface area contributed by atoms with Crippen molar-refractivity contribution in [2.24, 2.45) is 11.8 Å². The molecule has 0 aliphatic carbocycles. The van der Waals surface area contributed by atoms with Crippen molar-refractivity contribution in [1.29, 1.82) is 0 Å². The van der Waals surface area contributed by atoms with Gasteiger partial charge in [-0.2, -0.15) is 0 Å². The van der Waals surface area contributed by atoms with Crippen LogP contribution in [0.2, 0.25) is 0 Å². The van der Waals surface area contributed by atoms with Crippen molar-refractivity contribution in [3.05, 3.63) is 12.7 Å². The smallest absolute Gasteiger partial charge is 0.317 e. The zero-order chi connectivity index (χ0) is 15.7. The van der Waals surface area contributed by atoms with E-state index in [1.807, 2.05) is 13.0 Å². The normalized spacial score (nSPS) is 21.9. The Labute approximate surface area is 127 Å². The Kier molecular flexibility index (Phi) is 7.87. The first-order valence-corrected chi connectivity index (χ1v) is 7.91. The number of allylic oxidation sites excluding steroid dienone is 1. The van der Waals surface area contributed by atoms with Crippen LogP contribution in [0.3, 0.4) is 0 Å². The number of urea groups is 1. The molecule has 5 nitrogen and oxygen atoms in total. The van der Waals surface area contributed by atoms with Gasteiger partial charge < -0.3 is 15.3 Å². The first-order chi connectivity index (χ1) is 10.0. The molecule has 1 saturated heterocycles. The number of likely N-dealkylation sites (tertiary alicyclic amines) is 1. The van der Waals surface area contributed by atoms with Crippen LogP contribution in [0.15, 0.2) is 12.7 Å². The summed E-state index contributed by atoms with van der Waals surface area (Å²) in [4.78, 5) is 24.8. The molecule has 1 aliphatic rings. The number of carbonyl (C=O) groups is 2. The lowest BCUT2D eigenvalue weighted by Crippen LogP contribution is -2.49. The first-order valence-electron chi connectivity index (χ1n) is 7.91. The Morgan fingerprint density at radius 2 is 2.00 bits per heavy atom. The van der Waals surface area contributed by atoms with Gasteiger partial charge >= 0.3 is 12.0 Å². The second kappa shape index (κ2) is 9.42. The second-order valence-electron chi connectivity index (χ2n) is 6.00. The van der Waals surface area contributed by atoms with Gasteiger partial charge in [0.25, 0.3) is 0 Å². The zero-order valence-electron chi connectivity index (χ0n) is 13.0. The van der Waals surface area contributed by atoms with Gasteiger partial charge in [-0.15, -0.1) is 6.58 Å². The van der Waals surface area contributed by atoms with Gasteiger partial charge in [-0.3, -0.25) is 4.79 Å². The van der Waals surface area contributed by atoms with E-state index in [1.54, 1.807) is 4.90 Å². The van der Waals surface area contributed by atoms with Crippen molar-refractivity contribution < 1.29 is 14.7 Å². The largest absolute Gasteiger partial charge is 0.481 e. The maximum atomic E-state index is 12.1. The predicted octanol–water partition coefficient (Wildman–Crippen LogP) is 2.88. The Balaban J connectivity index is 2.21. The molecule has 1 heterocycles. The third-order valence-corrected chi connectivity index (χ3v) is 3.91. The monoisotopic (exact) mass is 296 g/mol. The van der Waals surface area contributed by atoms with Crippen molar-refractivity contribution in [3.8, 4) is 0 Å². The molecular weight excluding hydrogens is 268 g/mol. The van der Waals surface area contributed by atoms with E-state index in [-0.39, 0.29) is 11.9 Å². The Morgan fingerprint density at radius 1 is 1.29 bits per heavy atom. The van der Waals surface area contributed by atoms with Crippen LogP contribution in [0.4, 0.5) is 4.79 Å².